The van der Waals surface area contributed by atoms with Crippen molar-refractivity contribution in [2.75, 3.05) is 19.6 Å². The lowest BCUT2D eigenvalue weighted by atomic mass is 10.1. The molecule has 0 radical (unpaired) electrons. The van der Waals surface area contributed by atoms with E-state index in [0.717, 1.165) is 0 Å². The molecule has 0 saturated carbocycles. The van der Waals surface area contributed by atoms with Gasteiger partial charge in [0.05, 0.1) is 0 Å². The van der Waals surface area contributed by atoms with Gasteiger partial charge in [0.1, 0.15) is 0 Å². The molecule has 0 bridgehead atoms. The van der Waals surface area contributed by atoms with Gasteiger partial charge in [-0.1, -0.05) is 22.0 Å². The van der Waals surface area contributed by atoms with Crippen molar-refractivity contribution in [2.24, 2.45) is 0 Å². The zero-order valence-corrected chi connectivity index (χ0v) is 13.2. The van der Waals surface area contributed by atoms with Crippen molar-refractivity contribution < 1.29 is 0 Å². The fourth-order valence-electron chi connectivity index (χ4n) is 3.51. The molecular weight excluding hydrogens is 300 g/mol. The van der Waals surface area contributed by atoms with E-state index in [1.165, 1.54) is 60.9 Å². The highest BCUT2D eigenvalue weighted by Crippen LogP contribution is 2.33. The van der Waals surface area contributed by atoms with Gasteiger partial charge in [-0.2, -0.15) is 0 Å². The van der Waals surface area contributed by atoms with Crippen LogP contribution in [-0.2, 0) is 6.42 Å². The van der Waals surface area contributed by atoms with Crippen molar-refractivity contribution in [2.45, 2.75) is 44.7 Å². The number of nitrogens with one attached hydrogen (secondary N) is 1. The monoisotopic (exact) mass is 322 g/mol. The van der Waals surface area contributed by atoms with E-state index in [1.807, 2.05) is 0 Å². The summed E-state index contributed by atoms with van der Waals surface area (Å²) in [5.74, 6) is 0. The number of hydrogen-bond acceptors (Lipinski definition) is 2. The molecule has 1 N–H and O–H groups in total. The molecule has 2 aliphatic rings. The average Bonchev–Trinajstić information content (AvgIpc) is 2.99. The van der Waals surface area contributed by atoms with E-state index >= 15 is 0 Å². The molecule has 1 saturated heterocycles. The first-order valence-electron chi connectivity index (χ1n) is 7.49. The predicted molar refractivity (Wildman–Crippen MR) is 83.5 cm³/mol. The minimum Gasteiger partial charge on any atom is -0.306 e. The summed E-state index contributed by atoms with van der Waals surface area (Å²) in [7, 11) is 0. The van der Waals surface area contributed by atoms with E-state index in [-0.39, 0.29) is 0 Å². The molecule has 1 aromatic rings. The number of halogens is 1. The zero-order valence-electron chi connectivity index (χ0n) is 11.7. The van der Waals surface area contributed by atoms with Gasteiger partial charge < -0.3 is 10.2 Å². The molecule has 3 heteroatoms. The number of fused-ring (bicyclic) bond motifs is 1. The van der Waals surface area contributed by atoms with Crippen LogP contribution in [0.15, 0.2) is 22.7 Å². The highest BCUT2D eigenvalue weighted by Gasteiger charge is 2.24. The maximum atomic E-state index is 3.82. The summed E-state index contributed by atoms with van der Waals surface area (Å²) in [5.41, 5.74) is 3.02. The van der Waals surface area contributed by atoms with E-state index in [2.05, 4.69) is 51.3 Å². The quantitative estimate of drug-likeness (QED) is 0.912. The SMILES string of the molecule is CC(CN1CCCC1)NC1CCc2cc(Br)ccc21. The first-order chi connectivity index (χ1) is 9.22. The Morgan fingerprint density at radius 3 is 2.95 bits per heavy atom. The topological polar surface area (TPSA) is 15.3 Å². The van der Waals surface area contributed by atoms with Crippen molar-refractivity contribution in [1.82, 2.24) is 10.2 Å². The number of likely N-dealkylation sites (tertiary alicyclic amines) is 1. The summed E-state index contributed by atoms with van der Waals surface area (Å²) in [5, 5.41) is 3.82. The van der Waals surface area contributed by atoms with Crippen LogP contribution in [0.5, 0.6) is 0 Å². The Morgan fingerprint density at radius 2 is 2.16 bits per heavy atom. The molecule has 104 valence electrons. The van der Waals surface area contributed by atoms with Crippen molar-refractivity contribution in [1.29, 1.82) is 0 Å². The third-order valence-electron chi connectivity index (χ3n) is 4.40. The fourth-order valence-corrected chi connectivity index (χ4v) is 3.92. The minimum atomic E-state index is 0.556. The third-order valence-corrected chi connectivity index (χ3v) is 4.89. The molecular formula is C16H23BrN2. The Kier molecular flexibility index (Phi) is 4.25. The van der Waals surface area contributed by atoms with E-state index in [0.29, 0.717) is 12.1 Å². The molecule has 3 rings (SSSR count). The molecule has 2 nitrogen and oxygen atoms in total. The van der Waals surface area contributed by atoms with Crippen LogP contribution >= 0.6 is 15.9 Å². The molecule has 1 aliphatic carbocycles. The Balaban J connectivity index is 1.59. The number of hydrogen-bond donors (Lipinski definition) is 1. The summed E-state index contributed by atoms with van der Waals surface area (Å²) in [6.07, 6.45) is 5.22. The second kappa shape index (κ2) is 5.94. The van der Waals surface area contributed by atoms with Gasteiger partial charge in [-0.3, -0.25) is 0 Å². The van der Waals surface area contributed by atoms with E-state index in [4.69, 9.17) is 0 Å². The maximum absolute atomic E-state index is 3.82. The van der Waals surface area contributed by atoms with Gasteiger partial charge in [0.15, 0.2) is 0 Å². The van der Waals surface area contributed by atoms with Gasteiger partial charge >= 0.3 is 0 Å². The number of benzene rings is 1. The van der Waals surface area contributed by atoms with Gasteiger partial charge in [-0.05, 0) is 69.0 Å². The van der Waals surface area contributed by atoms with Crippen LogP contribution in [0.25, 0.3) is 0 Å². The highest BCUT2D eigenvalue weighted by molar-refractivity contribution is 9.10. The summed E-state index contributed by atoms with van der Waals surface area (Å²) in [6.45, 7) is 6.11. The minimum absolute atomic E-state index is 0.556. The largest absolute Gasteiger partial charge is 0.306 e. The number of nitrogens with zero attached hydrogens (tertiary/aromatic N) is 1. The predicted octanol–water partition coefficient (Wildman–Crippen LogP) is 3.51. The Morgan fingerprint density at radius 1 is 1.37 bits per heavy atom. The van der Waals surface area contributed by atoms with Crippen LogP contribution in [0, 0.1) is 0 Å². The molecule has 1 aromatic carbocycles. The first-order valence-corrected chi connectivity index (χ1v) is 8.28. The fraction of sp³-hybridized carbons (Fsp3) is 0.625. The normalized spacial score (nSPS) is 24.6. The van der Waals surface area contributed by atoms with Crippen LogP contribution in [-0.4, -0.2) is 30.6 Å². The van der Waals surface area contributed by atoms with Gasteiger partial charge in [0.2, 0.25) is 0 Å². The molecule has 0 aromatic heterocycles. The molecule has 0 amide bonds. The number of rotatable bonds is 4. The molecule has 0 spiro atoms. The molecule has 19 heavy (non-hydrogen) atoms. The van der Waals surface area contributed by atoms with Crippen LogP contribution < -0.4 is 5.32 Å². The second-order valence-electron chi connectivity index (χ2n) is 6.01. The average molecular weight is 323 g/mol. The van der Waals surface area contributed by atoms with Crippen molar-refractivity contribution in [3.63, 3.8) is 0 Å². The Bertz CT molecular complexity index is 440. The van der Waals surface area contributed by atoms with Crippen LogP contribution in [0.1, 0.15) is 43.4 Å². The summed E-state index contributed by atoms with van der Waals surface area (Å²) in [4.78, 5) is 2.59. The van der Waals surface area contributed by atoms with Crippen molar-refractivity contribution in [3.8, 4) is 0 Å². The van der Waals surface area contributed by atoms with E-state index in [1.54, 1.807) is 0 Å². The van der Waals surface area contributed by atoms with E-state index < -0.39 is 0 Å². The lowest BCUT2D eigenvalue weighted by Crippen LogP contribution is -2.39. The van der Waals surface area contributed by atoms with Gasteiger partial charge in [-0.15, -0.1) is 0 Å². The second-order valence-corrected chi connectivity index (χ2v) is 6.93. The molecule has 2 atom stereocenters. The molecule has 2 unspecified atom stereocenters. The standard InChI is InChI=1S/C16H23BrN2/c1-12(11-19-8-2-3-9-19)18-16-7-4-13-10-14(17)5-6-15(13)16/h5-6,10,12,16,18H,2-4,7-9,11H2,1H3. The molecule has 1 fully saturated rings. The molecule has 1 aliphatic heterocycles. The summed E-state index contributed by atoms with van der Waals surface area (Å²) in [6, 6.07) is 7.87. The van der Waals surface area contributed by atoms with Crippen LogP contribution in [0.3, 0.4) is 0 Å². The van der Waals surface area contributed by atoms with Crippen molar-refractivity contribution >= 4 is 15.9 Å². The number of aryl methyl sites for hydroxylation is 1. The van der Waals surface area contributed by atoms with Crippen LogP contribution in [0.4, 0.5) is 0 Å². The van der Waals surface area contributed by atoms with Gasteiger partial charge in [-0.25, -0.2) is 0 Å². The lowest BCUT2D eigenvalue weighted by molar-refractivity contribution is 0.286. The van der Waals surface area contributed by atoms with Gasteiger partial charge in [0, 0.05) is 23.1 Å². The summed E-state index contributed by atoms with van der Waals surface area (Å²) >= 11 is 3.57. The Hall–Kier alpha value is -0.380. The van der Waals surface area contributed by atoms with Crippen molar-refractivity contribution in [3.05, 3.63) is 33.8 Å². The Labute approximate surface area is 124 Å². The highest BCUT2D eigenvalue weighted by atomic mass is 79.9. The zero-order chi connectivity index (χ0) is 13.2. The third kappa shape index (κ3) is 3.21. The van der Waals surface area contributed by atoms with E-state index in [9.17, 15) is 0 Å². The lowest BCUT2D eigenvalue weighted by Gasteiger charge is -2.25. The smallest absolute Gasteiger partial charge is 0.0328 e. The first kappa shape index (κ1) is 13.6. The summed E-state index contributed by atoms with van der Waals surface area (Å²) < 4.78 is 1.21. The molecule has 1 heterocycles. The maximum Gasteiger partial charge on any atom is 0.0328 e. The van der Waals surface area contributed by atoms with Gasteiger partial charge in [0.25, 0.3) is 0 Å². The van der Waals surface area contributed by atoms with Crippen LogP contribution in [0.2, 0.25) is 0 Å².